The van der Waals surface area contributed by atoms with Gasteiger partial charge in [0.05, 0.1) is 0 Å². The number of nitrogens with two attached hydrogens (primary N) is 1. The molecule has 18 heavy (non-hydrogen) atoms. The Bertz CT molecular complexity index is 383. The van der Waals surface area contributed by atoms with Crippen LogP contribution in [0.25, 0.3) is 0 Å². The number of likely N-dealkylation sites (tertiary alicyclic amines) is 1. The van der Waals surface area contributed by atoms with Crippen LogP contribution >= 0.6 is 0 Å². The summed E-state index contributed by atoms with van der Waals surface area (Å²) in [5.41, 5.74) is 9.53. The molecule has 2 rings (SSSR count). The van der Waals surface area contributed by atoms with Gasteiger partial charge < -0.3 is 15.5 Å². The van der Waals surface area contributed by atoms with Crippen molar-refractivity contribution in [2.24, 2.45) is 5.73 Å². The van der Waals surface area contributed by atoms with E-state index >= 15 is 0 Å². The van der Waals surface area contributed by atoms with E-state index in [-0.39, 0.29) is 0 Å². The highest BCUT2D eigenvalue weighted by atomic mass is 15.2. The Labute approximate surface area is 111 Å². The van der Waals surface area contributed by atoms with Crippen molar-refractivity contribution in [1.29, 1.82) is 0 Å². The molecular formula is C15H25N3. The highest BCUT2D eigenvalue weighted by molar-refractivity contribution is 5.50. The molecule has 1 aromatic carbocycles. The van der Waals surface area contributed by atoms with Crippen LogP contribution in [0.3, 0.4) is 0 Å². The van der Waals surface area contributed by atoms with Crippen LogP contribution in [0.2, 0.25) is 0 Å². The maximum absolute atomic E-state index is 5.70. The van der Waals surface area contributed by atoms with E-state index in [1.165, 1.54) is 49.3 Å². The van der Waals surface area contributed by atoms with Gasteiger partial charge in [0.1, 0.15) is 0 Å². The summed E-state index contributed by atoms with van der Waals surface area (Å²) in [4.78, 5) is 4.89. The predicted octanol–water partition coefficient (Wildman–Crippen LogP) is 1.99. The molecule has 0 aliphatic carbocycles. The molecule has 1 heterocycles. The first-order valence-corrected chi connectivity index (χ1v) is 6.94. The highest BCUT2D eigenvalue weighted by Gasteiger charge is 2.12. The quantitative estimate of drug-likeness (QED) is 0.863. The predicted molar refractivity (Wildman–Crippen MR) is 78.0 cm³/mol. The Morgan fingerprint density at radius 2 is 2.00 bits per heavy atom. The van der Waals surface area contributed by atoms with Crippen LogP contribution in [0.4, 0.5) is 5.69 Å². The maximum Gasteiger partial charge on any atom is 0.0366 e. The van der Waals surface area contributed by atoms with Crippen molar-refractivity contribution in [3.8, 4) is 0 Å². The zero-order chi connectivity index (χ0) is 13.0. The molecule has 1 aliphatic heterocycles. The lowest BCUT2D eigenvalue weighted by molar-refractivity contribution is 0.346. The molecule has 0 aromatic heterocycles. The van der Waals surface area contributed by atoms with E-state index < -0.39 is 0 Å². The number of nitrogens with zero attached hydrogens (tertiary/aromatic N) is 2. The van der Waals surface area contributed by atoms with Crippen LogP contribution in [0, 0.1) is 6.92 Å². The Kier molecular flexibility index (Phi) is 4.61. The molecule has 1 aromatic rings. The molecule has 1 saturated heterocycles. The summed E-state index contributed by atoms with van der Waals surface area (Å²) in [5.74, 6) is 0. The molecule has 1 fully saturated rings. The van der Waals surface area contributed by atoms with Crippen LogP contribution in [0.5, 0.6) is 0 Å². The molecule has 3 heteroatoms. The van der Waals surface area contributed by atoms with Crippen molar-refractivity contribution in [2.75, 3.05) is 38.1 Å². The number of hydrogen-bond donors (Lipinski definition) is 1. The van der Waals surface area contributed by atoms with E-state index in [0.29, 0.717) is 6.54 Å². The minimum Gasteiger partial charge on any atom is -0.373 e. The smallest absolute Gasteiger partial charge is 0.0366 e. The lowest BCUT2D eigenvalue weighted by atomic mass is 10.1. The standard InChI is InChI=1S/C15H25N3/c1-13-11-15(6-5-14(13)12-16)17(2)9-10-18-7-3-4-8-18/h5-6,11H,3-4,7-10,12,16H2,1-2H3. The first kappa shape index (κ1) is 13.4. The average molecular weight is 247 g/mol. The molecule has 0 bridgehead atoms. The molecule has 0 radical (unpaired) electrons. The molecule has 0 unspecified atom stereocenters. The Balaban J connectivity index is 1.91. The van der Waals surface area contributed by atoms with E-state index in [4.69, 9.17) is 5.73 Å². The number of aryl methyl sites for hydroxylation is 1. The van der Waals surface area contributed by atoms with Crippen molar-refractivity contribution in [1.82, 2.24) is 4.90 Å². The molecule has 2 N–H and O–H groups in total. The van der Waals surface area contributed by atoms with Gasteiger partial charge in [-0.05, 0) is 56.1 Å². The fourth-order valence-electron chi connectivity index (χ4n) is 2.57. The third-order valence-electron chi connectivity index (χ3n) is 3.94. The van der Waals surface area contributed by atoms with Gasteiger partial charge >= 0.3 is 0 Å². The Morgan fingerprint density at radius 3 is 2.61 bits per heavy atom. The van der Waals surface area contributed by atoms with E-state index in [2.05, 4.69) is 42.0 Å². The van der Waals surface area contributed by atoms with Gasteiger partial charge in [0, 0.05) is 32.4 Å². The van der Waals surface area contributed by atoms with Crippen LogP contribution in [0.15, 0.2) is 18.2 Å². The normalized spacial score (nSPS) is 16.2. The van der Waals surface area contributed by atoms with Gasteiger partial charge in [-0.25, -0.2) is 0 Å². The Morgan fingerprint density at radius 1 is 1.28 bits per heavy atom. The van der Waals surface area contributed by atoms with E-state index in [1.54, 1.807) is 0 Å². The number of likely N-dealkylation sites (N-methyl/N-ethyl adjacent to an activating group) is 1. The van der Waals surface area contributed by atoms with Gasteiger partial charge in [0.2, 0.25) is 0 Å². The lowest BCUT2D eigenvalue weighted by Crippen LogP contribution is -2.31. The minimum absolute atomic E-state index is 0.629. The van der Waals surface area contributed by atoms with Crippen LogP contribution in [-0.2, 0) is 6.54 Å². The van der Waals surface area contributed by atoms with Crippen LogP contribution in [-0.4, -0.2) is 38.1 Å². The summed E-state index contributed by atoms with van der Waals surface area (Å²) in [7, 11) is 2.17. The molecule has 0 spiro atoms. The van der Waals surface area contributed by atoms with Gasteiger partial charge in [0.15, 0.2) is 0 Å². The zero-order valence-corrected chi connectivity index (χ0v) is 11.7. The summed E-state index contributed by atoms with van der Waals surface area (Å²) in [6.07, 6.45) is 2.74. The summed E-state index contributed by atoms with van der Waals surface area (Å²) in [5, 5.41) is 0. The third kappa shape index (κ3) is 3.24. The lowest BCUT2D eigenvalue weighted by Gasteiger charge is -2.24. The van der Waals surface area contributed by atoms with Crippen LogP contribution in [0.1, 0.15) is 24.0 Å². The van der Waals surface area contributed by atoms with E-state index in [0.717, 1.165) is 6.54 Å². The monoisotopic (exact) mass is 247 g/mol. The molecule has 100 valence electrons. The summed E-state index contributed by atoms with van der Waals surface area (Å²) in [6.45, 7) is 7.59. The summed E-state index contributed by atoms with van der Waals surface area (Å²) >= 11 is 0. The first-order valence-electron chi connectivity index (χ1n) is 6.94. The summed E-state index contributed by atoms with van der Waals surface area (Å²) < 4.78 is 0. The molecule has 0 amide bonds. The number of hydrogen-bond acceptors (Lipinski definition) is 3. The molecule has 0 saturated carbocycles. The first-order chi connectivity index (χ1) is 8.70. The van der Waals surface area contributed by atoms with Crippen LogP contribution < -0.4 is 10.6 Å². The third-order valence-corrected chi connectivity index (χ3v) is 3.94. The topological polar surface area (TPSA) is 32.5 Å². The molecule has 3 nitrogen and oxygen atoms in total. The molecular weight excluding hydrogens is 222 g/mol. The second kappa shape index (κ2) is 6.21. The second-order valence-corrected chi connectivity index (χ2v) is 5.29. The van der Waals surface area contributed by atoms with Gasteiger partial charge in [-0.2, -0.15) is 0 Å². The van der Waals surface area contributed by atoms with Crippen molar-refractivity contribution < 1.29 is 0 Å². The highest BCUT2D eigenvalue weighted by Crippen LogP contribution is 2.18. The zero-order valence-electron chi connectivity index (χ0n) is 11.7. The minimum atomic E-state index is 0.629. The summed E-state index contributed by atoms with van der Waals surface area (Å²) in [6, 6.07) is 6.57. The SMILES string of the molecule is Cc1cc(N(C)CCN2CCCC2)ccc1CN. The van der Waals surface area contributed by atoms with Crippen molar-refractivity contribution >= 4 is 5.69 Å². The van der Waals surface area contributed by atoms with Crippen molar-refractivity contribution in [3.05, 3.63) is 29.3 Å². The van der Waals surface area contributed by atoms with Crippen molar-refractivity contribution in [2.45, 2.75) is 26.3 Å². The molecule has 0 atom stereocenters. The average Bonchev–Trinajstić information content (AvgIpc) is 2.89. The van der Waals surface area contributed by atoms with Gasteiger partial charge in [-0.1, -0.05) is 6.07 Å². The largest absolute Gasteiger partial charge is 0.373 e. The number of rotatable bonds is 5. The van der Waals surface area contributed by atoms with E-state index in [9.17, 15) is 0 Å². The van der Waals surface area contributed by atoms with Gasteiger partial charge in [0.25, 0.3) is 0 Å². The van der Waals surface area contributed by atoms with Crippen molar-refractivity contribution in [3.63, 3.8) is 0 Å². The fraction of sp³-hybridized carbons (Fsp3) is 0.600. The number of anilines is 1. The second-order valence-electron chi connectivity index (χ2n) is 5.29. The maximum atomic E-state index is 5.70. The van der Waals surface area contributed by atoms with Gasteiger partial charge in [-0.3, -0.25) is 0 Å². The van der Waals surface area contributed by atoms with Gasteiger partial charge in [-0.15, -0.1) is 0 Å². The number of benzene rings is 1. The molecule has 1 aliphatic rings. The van der Waals surface area contributed by atoms with E-state index in [1.807, 2.05) is 0 Å². The fourth-order valence-corrected chi connectivity index (χ4v) is 2.57. The Hall–Kier alpha value is -1.06.